The van der Waals surface area contributed by atoms with Gasteiger partial charge >= 0.3 is 0 Å². The molecule has 0 aliphatic rings. The number of nitrogens with zero attached hydrogens (tertiary/aromatic N) is 1. The summed E-state index contributed by atoms with van der Waals surface area (Å²) in [6.45, 7) is 12.9. The molecule has 0 aliphatic heterocycles. The van der Waals surface area contributed by atoms with E-state index < -0.39 is 5.60 Å². The van der Waals surface area contributed by atoms with Gasteiger partial charge in [0.05, 0.1) is 0 Å². The number of hydrogen-bond donors (Lipinski definition) is 2. The van der Waals surface area contributed by atoms with E-state index in [0.717, 1.165) is 6.54 Å². The summed E-state index contributed by atoms with van der Waals surface area (Å²) in [7, 11) is 0. The third-order valence-corrected chi connectivity index (χ3v) is 2.54. The van der Waals surface area contributed by atoms with E-state index >= 15 is 0 Å². The standard InChI is InChI=1S/C12H26N2O2/c1-9(2)14(10(3)4)8-7-13-11(15)12(5,6)16/h9-10,16H,7-8H2,1-6H3,(H,13,15). The number of nitrogens with one attached hydrogen (secondary N) is 1. The summed E-state index contributed by atoms with van der Waals surface area (Å²) in [5.41, 5.74) is -1.29. The molecule has 4 heteroatoms. The van der Waals surface area contributed by atoms with Crippen LogP contribution in [0.2, 0.25) is 0 Å². The first kappa shape index (κ1) is 15.4. The summed E-state index contributed by atoms with van der Waals surface area (Å²) in [5, 5.41) is 12.2. The molecule has 0 spiro atoms. The predicted octanol–water partition coefficient (Wildman–Crippen LogP) is 0.992. The third-order valence-electron chi connectivity index (χ3n) is 2.54. The zero-order chi connectivity index (χ0) is 12.9. The van der Waals surface area contributed by atoms with Gasteiger partial charge in [-0.15, -0.1) is 0 Å². The van der Waals surface area contributed by atoms with Crippen molar-refractivity contribution in [2.24, 2.45) is 0 Å². The van der Waals surface area contributed by atoms with Crippen molar-refractivity contribution in [3.05, 3.63) is 0 Å². The van der Waals surface area contributed by atoms with Crippen LogP contribution in [0.5, 0.6) is 0 Å². The van der Waals surface area contributed by atoms with Gasteiger partial charge in [-0.1, -0.05) is 0 Å². The van der Waals surface area contributed by atoms with Crippen molar-refractivity contribution in [2.75, 3.05) is 13.1 Å². The maximum Gasteiger partial charge on any atom is 0.251 e. The number of carbonyl (C=O) groups is 1. The SMILES string of the molecule is CC(C)N(CCNC(=O)C(C)(C)O)C(C)C. The molecule has 0 aromatic rings. The lowest BCUT2D eigenvalue weighted by Gasteiger charge is -2.30. The molecule has 0 saturated heterocycles. The highest BCUT2D eigenvalue weighted by atomic mass is 16.3. The van der Waals surface area contributed by atoms with Crippen LogP contribution in [0, 0.1) is 0 Å². The summed E-state index contributed by atoms with van der Waals surface area (Å²) in [5.74, 6) is -0.319. The van der Waals surface area contributed by atoms with Gasteiger partial charge in [-0.25, -0.2) is 0 Å². The van der Waals surface area contributed by atoms with Crippen molar-refractivity contribution < 1.29 is 9.90 Å². The fourth-order valence-corrected chi connectivity index (χ4v) is 1.63. The Bertz CT molecular complexity index is 212. The molecular formula is C12H26N2O2. The molecule has 0 atom stereocenters. The minimum atomic E-state index is -1.29. The van der Waals surface area contributed by atoms with E-state index in [1.165, 1.54) is 13.8 Å². The molecule has 0 aromatic heterocycles. The average molecular weight is 230 g/mol. The summed E-state index contributed by atoms with van der Waals surface area (Å²) < 4.78 is 0. The second-order valence-corrected chi connectivity index (χ2v) is 5.24. The quantitative estimate of drug-likeness (QED) is 0.715. The van der Waals surface area contributed by atoms with Gasteiger partial charge in [-0.05, 0) is 41.5 Å². The molecule has 0 rings (SSSR count). The Morgan fingerprint density at radius 3 is 2.00 bits per heavy atom. The lowest BCUT2D eigenvalue weighted by Crippen LogP contribution is -2.47. The Balaban J connectivity index is 4.01. The zero-order valence-corrected chi connectivity index (χ0v) is 11.4. The molecule has 0 bridgehead atoms. The van der Waals surface area contributed by atoms with Gasteiger partial charge in [-0.2, -0.15) is 0 Å². The van der Waals surface area contributed by atoms with Crippen LogP contribution in [-0.4, -0.2) is 46.7 Å². The minimum absolute atomic E-state index is 0.319. The van der Waals surface area contributed by atoms with Crippen LogP contribution in [0.1, 0.15) is 41.5 Å². The number of carbonyl (C=O) groups excluding carboxylic acids is 1. The van der Waals surface area contributed by atoms with Crippen molar-refractivity contribution in [3.63, 3.8) is 0 Å². The molecule has 0 aromatic carbocycles. The van der Waals surface area contributed by atoms with E-state index in [1.807, 2.05) is 0 Å². The van der Waals surface area contributed by atoms with Gasteiger partial charge in [0.15, 0.2) is 0 Å². The molecule has 1 amide bonds. The van der Waals surface area contributed by atoms with Crippen LogP contribution in [0.25, 0.3) is 0 Å². The Kier molecular flexibility index (Phi) is 5.97. The van der Waals surface area contributed by atoms with E-state index in [4.69, 9.17) is 0 Å². The largest absolute Gasteiger partial charge is 0.381 e. The fourth-order valence-electron chi connectivity index (χ4n) is 1.63. The summed E-state index contributed by atoms with van der Waals surface area (Å²) in [6, 6.07) is 0.915. The number of amides is 1. The van der Waals surface area contributed by atoms with E-state index in [-0.39, 0.29) is 5.91 Å². The zero-order valence-electron chi connectivity index (χ0n) is 11.4. The molecular weight excluding hydrogens is 204 g/mol. The van der Waals surface area contributed by atoms with Crippen LogP contribution in [0.15, 0.2) is 0 Å². The van der Waals surface area contributed by atoms with E-state index in [1.54, 1.807) is 0 Å². The third kappa shape index (κ3) is 5.47. The fraction of sp³-hybridized carbons (Fsp3) is 0.917. The smallest absolute Gasteiger partial charge is 0.251 e. The first-order valence-corrected chi connectivity index (χ1v) is 5.92. The molecule has 4 nitrogen and oxygen atoms in total. The molecule has 2 N–H and O–H groups in total. The second-order valence-electron chi connectivity index (χ2n) is 5.24. The van der Waals surface area contributed by atoms with Gasteiger partial charge < -0.3 is 10.4 Å². The maximum atomic E-state index is 11.4. The van der Waals surface area contributed by atoms with Crippen molar-refractivity contribution >= 4 is 5.91 Å². The highest BCUT2D eigenvalue weighted by Gasteiger charge is 2.23. The van der Waals surface area contributed by atoms with Crippen LogP contribution in [-0.2, 0) is 4.79 Å². The second kappa shape index (κ2) is 6.21. The van der Waals surface area contributed by atoms with Gasteiger partial charge in [0.1, 0.15) is 5.60 Å². The van der Waals surface area contributed by atoms with E-state index in [2.05, 4.69) is 37.9 Å². The van der Waals surface area contributed by atoms with Crippen LogP contribution in [0.3, 0.4) is 0 Å². The Morgan fingerprint density at radius 2 is 1.69 bits per heavy atom. The maximum absolute atomic E-state index is 11.4. The average Bonchev–Trinajstić information content (AvgIpc) is 2.08. The molecule has 16 heavy (non-hydrogen) atoms. The van der Waals surface area contributed by atoms with Gasteiger partial charge in [0.25, 0.3) is 5.91 Å². The van der Waals surface area contributed by atoms with Crippen molar-refractivity contribution in [2.45, 2.75) is 59.2 Å². The molecule has 0 unspecified atom stereocenters. The highest BCUT2D eigenvalue weighted by Crippen LogP contribution is 2.04. The monoisotopic (exact) mass is 230 g/mol. The lowest BCUT2D eigenvalue weighted by molar-refractivity contribution is -0.136. The summed E-state index contributed by atoms with van der Waals surface area (Å²) >= 11 is 0. The molecule has 0 heterocycles. The number of aliphatic hydroxyl groups is 1. The molecule has 96 valence electrons. The van der Waals surface area contributed by atoms with Crippen molar-refractivity contribution in [1.29, 1.82) is 0 Å². The van der Waals surface area contributed by atoms with E-state index in [9.17, 15) is 9.90 Å². The van der Waals surface area contributed by atoms with Crippen LogP contribution in [0.4, 0.5) is 0 Å². The van der Waals surface area contributed by atoms with Gasteiger partial charge in [0, 0.05) is 25.2 Å². The normalized spacial score (nSPS) is 12.6. The lowest BCUT2D eigenvalue weighted by atomic mass is 10.1. The highest BCUT2D eigenvalue weighted by molar-refractivity contribution is 5.83. The van der Waals surface area contributed by atoms with Gasteiger partial charge in [-0.3, -0.25) is 9.69 Å². The predicted molar refractivity (Wildman–Crippen MR) is 66.3 cm³/mol. The minimum Gasteiger partial charge on any atom is -0.381 e. The van der Waals surface area contributed by atoms with Crippen LogP contribution >= 0.6 is 0 Å². The summed E-state index contributed by atoms with van der Waals surface area (Å²) in [6.07, 6.45) is 0. The van der Waals surface area contributed by atoms with Crippen molar-refractivity contribution in [1.82, 2.24) is 10.2 Å². The Morgan fingerprint density at radius 1 is 1.25 bits per heavy atom. The van der Waals surface area contributed by atoms with E-state index in [0.29, 0.717) is 18.6 Å². The first-order valence-electron chi connectivity index (χ1n) is 5.92. The van der Waals surface area contributed by atoms with Crippen molar-refractivity contribution in [3.8, 4) is 0 Å². The van der Waals surface area contributed by atoms with Crippen LogP contribution < -0.4 is 5.32 Å². The Hall–Kier alpha value is -0.610. The Labute approximate surface area is 99.0 Å². The molecule has 0 aliphatic carbocycles. The molecule has 0 saturated carbocycles. The topological polar surface area (TPSA) is 52.6 Å². The summed E-state index contributed by atoms with van der Waals surface area (Å²) in [4.78, 5) is 13.7. The van der Waals surface area contributed by atoms with Gasteiger partial charge in [0.2, 0.25) is 0 Å². The number of hydrogen-bond acceptors (Lipinski definition) is 3. The number of rotatable bonds is 6. The molecule has 0 radical (unpaired) electrons. The molecule has 0 fully saturated rings. The first-order chi connectivity index (χ1) is 7.16.